The van der Waals surface area contributed by atoms with Crippen LogP contribution in [0.1, 0.15) is 30.9 Å². The quantitative estimate of drug-likeness (QED) is 0.747. The van der Waals surface area contributed by atoms with E-state index in [1.54, 1.807) is 0 Å². The molecule has 0 aliphatic rings. The van der Waals surface area contributed by atoms with Gasteiger partial charge in [-0.15, -0.1) is 0 Å². The maximum absolute atomic E-state index is 9.96. The molecule has 3 heteroatoms. The molecule has 0 saturated heterocycles. The Labute approximate surface area is 139 Å². The van der Waals surface area contributed by atoms with Crippen LogP contribution in [0.4, 0.5) is 0 Å². The Morgan fingerprint density at radius 3 is 1.87 bits per heavy atom. The number of hydrogen-bond donors (Lipinski definition) is 2. The predicted octanol–water partition coefficient (Wildman–Crippen LogP) is 3.19. The van der Waals surface area contributed by atoms with E-state index in [2.05, 4.69) is 43.4 Å². The van der Waals surface area contributed by atoms with Crippen LogP contribution in [0.25, 0.3) is 0 Å². The van der Waals surface area contributed by atoms with E-state index in [9.17, 15) is 5.11 Å². The zero-order chi connectivity index (χ0) is 16.5. The summed E-state index contributed by atoms with van der Waals surface area (Å²) < 4.78 is 5.81. The van der Waals surface area contributed by atoms with Gasteiger partial charge in [-0.2, -0.15) is 0 Å². The normalized spacial score (nSPS) is 12.7. The number of aliphatic hydroxyl groups excluding tert-OH is 1. The molecule has 0 aromatic heterocycles. The molecule has 0 heterocycles. The topological polar surface area (TPSA) is 41.5 Å². The Morgan fingerprint density at radius 1 is 0.870 bits per heavy atom. The van der Waals surface area contributed by atoms with Crippen molar-refractivity contribution in [1.29, 1.82) is 0 Å². The molecule has 0 aliphatic heterocycles. The molecule has 0 radical (unpaired) electrons. The van der Waals surface area contributed by atoms with Gasteiger partial charge >= 0.3 is 0 Å². The summed E-state index contributed by atoms with van der Waals surface area (Å²) in [6, 6.07) is 21.1. The molecule has 124 valence electrons. The highest BCUT2D eigenvalue weighted by atomic mass is 16.5. The minimum Gasteiger partial charge on any atom is -0.389 e. The van der Waals surface area contributed by atoms with E-state index in [1.165, 1.54) is 11.1 Å². The molecule has 0 fully saturated rings. The molecular weight excluding hydrogens is 286 g/mol. The predicted molar refractivity (Wildman–Crippen MR) is 94.7 cm³/mol. The maximum atomic E-state index is 9.96. The second-order valence-electron chi connectivity index (χ2n) is 6.13. The van der Waals surface area contributed by atoms with Gasteiger partial charge in [0.25, 0.3) is 0 Å². The molecule has 2 N–H and O–H groups in total. The third kappa shape index (κ3) is 6.14. The summed E-state index contributed by atoms with van der Waals surface area (Å²) in [5.74, 6) is 0.183. The summed E-state index contributed by atoms with van der Waals surface area (Å²) >= 11 is 0. The molecule has 0 amide bonds. The Morgan fingerprint density at radius 2 is 1.39 bits per heavy atom. The fraction of sp³-hybridized carbons (Fsp3) is 0.400. The minimum absolute atomic E-state index is 0.183. The van der Waals surface area contributed by atoms with Crippen LogP contribution in [0.2, 0.25) is 0 Å². The van der Waals surface area contributed by atoms with Crippen LogP contribution in [0.15, 0.2) is 60.7 Å². The lowest BCUT2D eigenvalue weighted by atomic mass is 9.92. The monoisotopic (exact) mass is 313 g/mol. The molecule has 2 rings (SSSR count). The van der Waals surface area contributed by atoms with Crippen molar-refractivity contribution in [2.24, 2.45) is 0 Å². The van der Waals surface area contributed by atoms with E-state index in [-0.39, 0.29) is 5.92 Å². The molecule has 23 heavy (non-hydrogen) atoms. The molecule has 3 nitrogen and oxygen atoms in total. The van der Waals surface area contributed by atoms with Crippen molar-refractivity contribution in [3.63, 3.8) is 0 Å². The van der Waals surface area contributed by atoms with Gasteiger partial charge in [-0.05, 0) is 11.1 Å². The first-order chi connectivity index (χ1) is 11.2. The molecule has 1 atom stereocenters. The van der Waals surface area contributed by atoms with Gasteiger partial charge < -0.3 is 15.2 Å². The van der Waals surface area contributed by atoms with E-state index in [0.717, 1.165) is 0 Å². The van der Waals surface area contributed by atoms with Gasteiger partial charge in [0.2, 0.25) is 0 Å². The highest BCUT2D eigenvalue weighted by molar-refractivity contribution is 5.32. The fourth-order valence-electron chi connectivity index (χ4n) is 2.51. The number of benzene rings is 2. The highest BCUT2D eigenvalue weighted by Gasteiger charge is 2.15. The number of hydrogen-bond acceptors (Lipinski definition) is 3. The van der Waals surface area contributed by atoms with Crippen LogP contribution < -0.4 is 5.32 Å². The SMILES string of the molecule is CC(C)NC[C@H](O)COCC(c1ccccc1)c1ccccc1. The standard InChI is InChI=1S/C20H27NO2/c1-16(2)21-13-19(22)14-23-15-20(17-9-5-3-6-10-17)18-11-7-4-8-12-18/h3-12,16,19-22H,13-15H2,1-2H3/t19-/m0/s1. The Kier molecular flexibility index (Phi) is 7.27. The zero-order valence-corrected chi connectivity index (χ0v) is 14.0. The van der Waals surface area contributed by atoms with Crippen LogP contribution in [-0.4, -0.2) is 37.0 Å². The van der Waals surface area contributed by atoms with Crippen molar-refractivity contribution in [1.82, 2.24) is 5.32 Å². The fourth-order valence-corrected chi connectivity index (χ4v) is 2.51. The van der Waals surface area contributed by atoms with Crippen molar-refractivity contribution in [3.05, 3.63) is 71.8 Å². The summed E-state index contributed by atoms with van der Waals surface area (Å²) in [5.41, 5.74) is 2.46. The third-order valence-electron chi connectivity index (χ3n) is 3.76. The summed E-state index contributed by atoms with van der Waals surface area (Å²) in [4.78, 5) is 0. The minimum atomic E-state index is -0.482. The molecule has 0 spiro atoms. The summed E-state index contributed by atoms with van der Waals surface area (Å²) in [6.45, 7) is 5.59. The van der Waals surface area contributed by atoms with Crippen molar-refractivity contribution in [2.45, 2.75) is 31.9 Å². The van der Waals surface area contributed by atoms with Gasteiger partial charge in [0.05, 0.1) is 19.3 Å². The van der Waals surface area contributed by atoms with E-state index in [1.807, 2.05) is 36.4 Å². The van der Waals surface area contributed by atoms with E-state index >= 15 is 0 Å². The van der Waals surface area contributed by atoms with Crippen molar-refractivity contribution >= 4 is 0 Å². The van der Waals surface area contributed by atoms with Crippen LogP contribution >= 0.6 is 0 Å². The van der Waals surface area contributed by atoms with E-state index < -0.39 is 6.10 Å². The van der Waals surface area contributed by atoms with Crippen molar-refractivity contribution in [3.8, 4) is 0 Å². The first-order valence-corrected chi connectivity index (χ1v) is 8.26. The molecule has 2 aromatic carbocycles. The number of aliphatic hydroxyl groups is 1. The first kappa shape index (κ1) is 17.7. The smallest absolute Gasteiger partial charge is 0.0897 e. The Bertz CT molecular complexity index is 503. The summed E-state index contributed by atoms with van der Waals surface area (Å²) in [5, 5.41) is 13.2. The van der Waals surface area contributed by atoms with Gasteiger partial charge in [0.1, 0.15) is 0 Å². The van der Waals surface area contributed by atoms with Gasteiger partial charge in [0, 0.05) is 18.5 Å². The highest BCUT2D eigenvalue weighted by Crippen LogP contribution is 2.24. The molecular formula is C20H27NO2. The van der Waals surface area contributed by atoms with Crippen LogP contribution in [-0.2, 0) is 4.74 Å². The van der Waals surface area contributed by atoms with Crippen LogP contribution in [0.3, 0.4) is 0 Å². The Hall–Kier alpha value is -1.68. The molecule has 0 bridgehead atoms. The average molecular weight is 313 g/mol. The first-order valence-electron chi connectivity index (χ1n) is 8.26. The molecule has 2 aromatic rings. The van der Waals surface area contributed by atoms with Crippen molar-refractivity contribution in [2.75, 3.05) is 19.8 Å². The average Bonchev–Trinajstić information content (AvgIpc) is 2.58. The maximum Gasteiger partial charge on any atom is 0.0897 e. The number of rotatable bonds is 9. The van der Waals surface area contributed by atoms with Crippen LogP contribution in [0.5, 0.6) is 0 Å². The molecule has 0 aliphatic carbocycles. The van der Waals surface area contributed by atoms with Crippen molar-refractivity contribution < 1.29 is 9.84 Å². The lowest BCUT2D eigenvalue weighted by molar-refractivity contribution is 0.0332. The zero-order valence-electron chi connectivity index (χ0n) is 14.0. The second kappa shape index (κ2) is 9.46. The van der Waals surface area contributed by atoms with Gasteiger partial charge in [-0.3, -0.25) is 0 Å². The summed E-state index contributed by atoms with van der Waals surface area (Å²) in [6.07, 6.45) is -0.482. The number of nitrogens with one attached hydrogen (secondary N) is 1. The van der Waals surface area contributed by atoms with E-state index in [0.29, 0.717) is 25.8 Å². The third-order valence-corrected chi connectivity index (χ3v) is 3.76. The second-order valence-corrected chi connectivity index (χ2v) is 6.13. The number of ether oxygens (including phenoxy) is 1. The van der Waals surface area contributed by atoms with Crippen LogP contribution in [0, 0.1) is 0 Å². The largest absolute Gasteiger partial charge is 0.389 e. The molecule has 0 unspecified atom stereocenters. The lowest BCUT2D eigenvalue weighted by Crippen LogP contribution is -2.34. The Balaban J connectivity index is 1.94. The van der Waals surface area contributed by atoms with Gasteiger partial charge in [-0.25, -0.2) is 0 Å². The summed E-state index contributed by atoms with van der Waals surface area (Å²) in [7, 11) is 0. The molecule has 0 saturated carbocycles. The lowest BCUT2D eigenvalue weighted by Gasteiger charge is -2.20. The van der Waals surface area contributed by atoms with Gasteiger partial charge in [0.15, 0.2) is 0 Å². The van der Waals surface area contributed by atoms with E-state index in [4.69, 9.17) is 4.74 Å². The van der Waals surface area contributed by atoms with Gasteiger partial charge in [-0.1, -0.05) is 74.5 Å².